The third kappa shape index (κ3) is 3.67. The number of halogens is 1. The van der Waals surface area contributed by atoms with Crippen molar-refractivity contribution >= 4 is 11.8 Å². The fraction of sp³-hybridized carbons (Fsp3) is 0.556. The van der Waals surface area contributed by atoms with Crippen LogP contribution in [0, 0.1) is 5.82 Å². The molecule has 0 aromatic carbocycles. The van der Waals surface area contributed by atoms with E-state index in [1.165, 1.54) is 0 Å². The summed E-state index contributed by atoms with van der Waals surface area (Å²) in [5.74, 6) is 0.106. The molecule has 0 unspecified atom stereocenters. The standard InChI is InChI=1S/C9H15FN4O/c1-3-15-5-4-12-8-7(10)6-13-9(11-2)14-8/h6H,3-5H2,1-2H3,(H2,11,12,13,14). The van der Waals surface area contributed by atoms with Gasteiger partial charge >= 0.3 is 0 Å². The van der Waals surface area contributed by atoms with Crippen molar-refractivity contribution in [1.29, 1.82) is 0 Å². The van der Waals surface area contributed by atoms with Gasteiger partial charge in [0.2, 0.25) is 5.95 Å². The van der Waals surface area contributed by atoms with Gasteiger partial charge in [0.05, 0.1) is 12.8 Å². The second-order valence-corrected chi connectivity index (χ2v) is 2.76. The van der Waals surface area contributed by atoms with Crippen molar-refractivity contribution < 1.29 is 9.13 Å². The predicted molar refractivity (Wildman–Crippen MR) is 56.5 cm³/mol. The monoisotopic (exact) mass is 214 g/mol. The molecule has 84 valence electrons. The molecule has 0 bridgehead atoms. The Morgan fingerprint density at radius 2 is 2.33 bits per heavy atom. The summed E-state index contributed by atoms with van der Waals surface area (Å²) in [4.78, 5) is 7.66. The average molecular weight is 214 g/mol. The van der Waals surface area contributed by atoms with E-state index in [4.69, 9.17) is 4.74 Å². The summed E-state index contributed by atoms with van der Waals surface area (Å²) in [5, 5.41) is 5.57. The Hall–Kier alpha value is -1.43. The van der Waals surface area contributed by atoms with Crippen LogP contribution in [0.3, 0.4) is 0 Å². The van der Waals surface area contributed by atoms with Crippen LogP contribution < -0.4 is 10.6 Å². The molecule has 2 N–H and O–H groups in total. The lowest BCUT2D eigenvalue weighted by atomic mass is 10.5. The summed E-state index contributed by atoms with van der Waals surface area (Å²) in [6.07, 6.45) is 1.13. The van der Waals surface area contributed by atoms with Gasteiger partial charge in [0.1, 0.15) is 0 Å². The van der Waals surface area contributed by atoms with E-state index in [0.29, 0.717) is 25.7 Å². The number of anilines is 2. The van der Waals surface area contributed by atoms with Gasteiger partial charge in [-0.3, -0.25) is 0 Å². The molecule has 0 saturated carbocycles. The predicted octanol–water partition coefficient (Wildman–Crippen LogP) is 1.11. The van der Waals surface area contributed by atoms with Gasteiger partial charge in [-0.05, 0) is 6.92 Å². The van der Waals surface area contributed by atoms with E-state index in [9.17, 15) is 4.39 Å². The van der Waals surface area contributed by atoms with Crippen LogP contribution in [0.15, 0.2) is 6.20 Å². The van der Waals surface area contributed by atoms with Gasteiger partial charge in [0, 0.05) is 20.2 Å². The minimum atomic E-state index is -0.467. The smallest absolute Gasteiger partial charge is 0.224 e. The Labute approximate surface area is 88.1 Å². The molecule has 1 rings (SSSR count). The molecule has 15 heavy (non-hydrogen) atoms. The van der Waals surface area contributed by atoms with Crippen LogP contribution in [-0.2, 0) is 4.74 Å². The van der Waals surface area contributed by atoms with Crippen molar-refractivity contribution in [3.8, 4) is 0 Å². The zero-order chi connectivity index (χ0) is 11.1. The molecule has 0 aliphatic rings. The second-order valence-electron chi connectivity index (χ2n) is 2.76. The first-order valence-corrected chi connectivity index (χ1v) is 4.79. The van der Waals surface area contributed by atoms with Gasteiger partial charge in [-0.15, -0.1) is 0 Å². The van der Waals surface area contributed by atoms with Crippen LogP contribution in [0.5, 0.6) is 0 Å². The summed E-state index contributed by atoms with van der Waals surface area (Å²) in [6, 6.07) is 0. The number of hydrogen-bond acceptors (Lipinski definition) is 5. The fourth-order valence-corrected chi connectivity index (χ4v) is 0.997. The van der Waals surface area contributed by atoms with Crippen LogP contribution in [0.4, 0.5) is 16.2 Å². The van der Waals surface area contributed by atoms with Crippen LogP contribution >= 0.6 is 0 Å². The van der Waals surface area contributed by atoms with Crippen molar-refractivity contribution in [3.05, 3.63) is 12.0 Å². The lowest BCUT2D eigenvalue weighted by Crippen LogP contribution is -2.12. The lowest BCUT2D eigenvalue weighted by molar-refractivity contribution is 0.158. The Balaban J connectivity index is 2.51. The van der Waals surface area contributed by atoms with E-state index < -0.39 is 5.82 Å². The summed E-state index contributed by atoms with van der Waals surface area (Å²) in [6.45, 7) is 3.60. The molecule has 0 atom stereocenters. The zero-order valence-corrected chi connectivity index (χ0v) is 8.88. The maximum Gasteiger partial charge on any atom is 0.224 e. The highest BCUT2D eigenvalue weighted by atomic mass is 19.1. The molecule has 0 fully saturated rings. The molecule has 0 saturated heterocycles. The molecule has 6 heteroatoms. The summed E-state index contributed by atoms with van der Waals surface area (Å²) in [7, 11) is 1.68. The summed E-state index contributed by atoms with van der Waals surface area (Å²) >= 11 is 0. The molecule has 1 aromatic heterocycles. The number of aromatic nitrogens is 2. The zero-order valence-electron chi connectivity index (χ0n) is 8.88. The first-order valence-electron chi connectivity index (χ1n) is 4.79. The SMILES string of the molecule is CCOCCNc1nc(NC)ncc1F. The van der Waals surface area contributed by atoms with E-state index in [2.05, 4.69) is 20.6 Å². The third-order valence-corrected chi connectivity index (χ3v) is 1.71. The first kappa shape index (κ1) is 11.6. The van der Waals surface area contributed by atoms with E-state index in [1.54, 1.807) is 7.05 Å². The molecule has 0 aliphatic heterocycles. The molecule has 5 nitrogen and oxygen atoms in total. The number of ether oxygens (including phenoxy) is 1. The minimum absolute atomic E-state index is 0.189. The Morgan fingerprint density at radius 1 is 1.53 bits per heavy atom. The molecule has 1 aromatic rings. The topological polar surface area (TPSA) is 59.1 Å². The maximum atomic E-state index is 13.2. The Kier molecular flexibility index (Phi) is 4.76. The van der Waals surface area contributed by atoms with Crippen LogP contribution in [0.25, 0.3) is 0 Å². The van der Waals surface area contributed by atoms with Gasteiger partial charge < -0.3 is 15.4 Å². The van der Waals surface area contributed by atoms with Crippen molar-refractivity contribution in [2.24, 2.45) is 0 Å². The quantitative estimate of drug-likeness (QED) is 0.694. The molecule has 0 aliphatic carbocycles. The molecule has 0 amide bonds. The molecule has 1 heterocycles. The highest BCUT2D eigenvalue weighted by Crippen LogP contribution is 2.10. The van der Waals surface area contributed by atoms with Gasteiger partial charge in [-0.2, -0.15) is 4.98 Å². The van der Waals surface area contributed by atoms with E-state index in [-0.39, 0.29) is 5.82 Å². The number of nitrogens with one attached hydrogen (secondary N) is 2. The van der Waals surface area contributed by atoms with E-state index >= 15 is 0 Å². The number of rotatable bonds is 6. The summed E-state index contributed by atoms with van der Waals surface area (Å²) < 4.78 is 18.3. The normalized spacial score (nSPS) is 10.1. The highest BCUT2D eigenvalue weighted by Gasteiger charge is 2.04. The van der Waals surface area contributed by atoms with E-state index in [0.717, 1.165) is 6.20 Å². The molecule has 0 spiro atoms. The van der Waals surface area contributed by atoms with E-state index in [1.807, 2.05) is 6.92 Å². The van der Waals surface area contributed by atoms with Crippen molar-refractivity contribution in [2.75, 3.05) is 37.4 Å². The average Bonchev–Trinajstić information content (AvgIpc) is 2.26. The highest BCUT2D eigenvalue weighted by molar-refractivity contribution is 5.40. The van der Waals surface area contributed by atoms with Gasteiger partial charge in [-0.25, -0.2) is 9.37 Å². The largest absolute Gasteiger partial charge is 0.380 e. The van der Waals surface area contributed by atoms with Crippen LogP contribution in [-0.4, -0.2) is 36.8 Å². The second kappa shape index (κ2) is 6.13. The van der Waals surface area contributed by atoms with Crippen LogP contribution in [0.1, 0.15) is 6.92 Å². The fourth-order valence-electron chi connectivity index (χ4n) is 0.997. The van der Waals surface area contributed by atoms with Crippen molar-refractivity contribution in [2.45, 2.75) is 6.92 Å². The van der Waals surface area contributed by atoms with Crippen molar-refractivity contribution in [1.82, 2.24) is 9.97 Å². The molecular weight excluding hydrogens is 199 g/mol. The lowest BCUT2D eigenvalue weighted by Gasteiger charge is -2.07. The molecular formula is C9H15FN4O. The summed E-state index contributed by atoms with van der Waals surface area (Å²) in [5.41, 5.74) is 0. The third-order valence-electron chi connectivity index (χ3n) is 1.71. The van der Waals surface area contributed by atoms with Gasteiger partial charge in [0.15, 0.2) is 11.6 Å². The van der Waals surface area contributed by atoms with Crippen molar-refractivity contribution in [3.63, 3.8) is 0 Å². The van der Waals surface area contributed by atoms with Gasteiger partial charge in [-0.1, -0.05) is 0 Å². The Morgan fingerprint density at radius 3 is 3.00 bits per heavy atom. The maximum absolute atomic E-state index is 13.2. The molecule has 0 radical (unpaired) electrons. The minimum Gasteiger partial charge on any atom is -0.380 e. The van der Waals surface area contributed by atoms with Gasteiger partial charge in [0.25, 0.3) is 0 Å². The Bertz CT molecular complexity index is 308. The first-order chi connectivity index (χ1) is 7.27. The number of nitrogens with zero attached hydrogens (tertiary/aromatic N) is 2. The van der Waals surface area contributed by atoms with Crippen LogP contribution in [0.2, 0.25) is 0 Å². The number of hydrogen-bond donors (Lipinski definition) is 2.